The average molecular weight is 353 g/mol. The van der Waals surface area contributed by atoms with Gasteiger partial charge in [0.15, 0.2) is 0 Å². The predicted octanol–water partition coefficient (Wildman–Crippen LogP) is 4.13. The highest BCUT2D eigenvalue weighted by atomic mass is 32.1. The lowest BCUT2D eigenvalue weighted by molar-refractivity contribution is 0.0697. The largest absolute Gasteiger partial charge is 0.478 e. The molecule has 1 aromatic carbocycles. The van der Waals surface area contributed by atoms with Crippen molar-refractivity contribution in [2.75, 3.05) is 5.32 Å². The molecular formula is C19H19N3O2S. The van der Waals surface area contributed by atoms with Gasteiger partial charge in [0.25, 0.3) is 0 Å². The summed E-state index contributed by atoms with van der Waals surface area (Å²) < 4.78 is 0. The fourth-order valence-electron chi connectivity index (χ4n) is 3.36. The zero-order valence-corrected chi connectivity index (χ0v) is 14.8. The van der Waals surface area contributed by atoms with E-state index in [0.29, 0.717) is 12.1 Å². The standard InChI is InChI=1S/C19H19N3O2S/c1-11-2-7-14-15(8-11)25-18-16(14)17(21-10-22-18)20-9-12-3-5-13(6-4-12)19(23)24/h3-6,10-11H,2,7-9H2,1H3,(H,23,24)(H,20,21,22). The Labute approximate surface area is 149 Å². The summed E-state index contributed by atoms with van der Waals surface area (Å²) in [5.74, 6) is 0.702. The van der Waals surface area contributed by atoms with E-state index in [1.165, 1.54) is 16.9 Å². The van der Waals surface area contributed by atoms with Gasteiger partial charge in [0, 0.05) is 11.4 Å². The number of nitrogens with one attached hydrogen (secondary N) is 1. The molecule has 2 heterocycles. The van der Waals surface area contributed by atoms with Gasteiger partial charge in [-0.15, -0.1) is 11.3 Å². The van der Waals surface area contributed by atoms with E-state index < -0.39 is 5.97 Å². The van der Waals surface area contributed by atoms with Crippen molar-refractivity contribution in [2.24, 2.45) is 5.92 Å². The number of fused-ring (bicyclic) bond motifs is 3. The fourth-order valence-corrected chi connectivity index (χ4v) is 4.71. The number of hydrogen-bond acceptors (Lipinski definition) is 5. The number of anilines is 1. The highest BCUT2D eigenvalue weighted by molar-refractivity contribution is 7.19. The van der Waals surface area contributed by atoms with E-state index >= 15 is 0 Å². The van der Waals surface area contributed by atoms with Gasteiger partial charge in [0.05, 0.1) is 10.9 Å². The molecule has 25 heavy (non-hydrogen) atoms. The molecule has 2 aromatic heterocycles. The van der Waals surface area contributed by atoms with Crippen LogP contribution in [0.4, 0.5) is 5.82 Å². The van der Waals surface area contributed by atoms with Crippen LogP contribution in [0.1, 0.15) is 39.7 Å². The molecule has 0 aliphatic heterocycles. The number of carboxylic acids is 1. The highest BCUT2D eigenvalue weighted by Crippen LogP contribution is 2.39. The molecule has 5 nitrogen and oxygen atoms in total. The second-order valence-electron chi connectivity index (χ2n) is 6.61. The maximum atomic E-state index is 10.9. The summed E-state index contributed by atoms with van der Waals surface area (Å²) in [6.45, 7) is 2.91. The minimum absolute atomic E-state index is 0.300. The molecule has 1 aliphatic rings. The monoisotopic (exact) mass is 353 g/mol. The third-order valence-electron chi connectivity index (χ3n) is 4.75. The minimum Gasteiger partial charge on any atom is -0.478 e. The Kier molecular flexibility index (Phi) is 4.13. The number of benzene rings is 1. The van der Waals surface area contributed by atoms with Crippen LogP contribution >= 0.6 is 11.3 Å². The summed E-state index contributed by atoms with van der Waals surface area (Å²) in [7, 11) is 0. The van der Waals surface area contributed by atoms with Crippen LogP contribution in [0.25, 0.3) is 10.2 Å². The van der Waals surface area contributed by atoms with Crippen molar-refractivity contribution in [3.8, 4) is 0 Å². The van der Waals surface area contributed by atoms with E-state index in [1.807, 2.05) is 12.1 Å². The summed E-state index contributed by atoms with van der Waals surface area (Å²) in [5.41, 5.74) is 2.73. The van der Waals surface area contributed by atoms with E-state index in [1.54, 1.807) is 29.8 Å². The van der Waals surface area contributed by atoms with Crippen LogP contribution in [0, 0.1) is 5.92 Å². The first kappa shape index (κ1) is 16.0. The zero-order valence-electron chi connectivity index (χ0n) is 14.0. The van der Waals surface area contributed by atoms with Crippen LogP contribution in [0.5, 0.6) is 0 Å². The lowest BCUT2D eigenvalue weighted by Gasteiger charge is -2.18. The normalized spacial score (nSPS) is 16.6. The molecule has 0 spiro atoms. The molecule has 0 saturated heterocycles. The molecule has 1 atom stereocenters. The lowest BCUT2D eigenvalue weighted by Crippen LogP contribution is -2.09. The summed E-state index contributed by atoms with van der Waals surface area (Å²) in [4.78, 5) is 22.4. The molecule has 0 saturated carbocycles. The Morgan fingerprint density at radius 2 is 2.12 bits per heavy atom. The third kappa shape index (κ3) is 3.09. The maximum Gasteiger partial charge on any atom is 0.335 e. The second kappa shape index (κ2) is 6.44. The number of carbonyl (C=O) groups is 1. The topological polar surface area (TPSA) is 75.1 Å². The van der Waals surface area contributed by atoms with Gasteiger partial charge in [-0.1, -0.05) is 19.1 Å². The summed E-state index contributed by atoms with van der Waals surface area (Å²) >= 11 is 1.79. The molecule has 2 N–H and O–H groups in total. The molecule has 0 amide bonds. The number of carboxylic acid groups (broad SMARTS) is 1. The predicted molar refractivity (Wildman–Crippen MR) is 99.3 cm³/mol. The number of aromatic nitrogens is 2. The average Bonchev–Trinajstić information content (AvgIpc) is 2.98. The number of thiophene rings is 1. The van der Waals surface area contributed by atoms with Gasteiger partial charge < -0.3 is 10.4 Å². The molecular weight excluding hydrogens is 334 g/mol. The van der Waals surface area contributed by atoms with Crippen LogP contribution < -0.4 is 5.32 Å². The first-order valence-electron chi connectivity index (χ1n) is 8.43. The SMILES string of the molecule is CC1CCc2c(sc3ncnc(NCc4ccc(C(=O)O)cc4)c23)C1. The summed E-state index contributed by atoms with van der Waals surface area (Å²) in [6, 6.07) is 6.92. The molecule has 1 aliphatic carbocycles. The molecule has 0 bridgehead atoms. The Balaban J connectivity index is 1.60. The molecule has 0 fully saturated rings. The van der Waals surface area contributed by atoms with Crippen molar-refractivity contribution >= 4 is 33.3 Å². The van der Waals surface area contributed by atoms with Crippen LogP contribution in [-0.4, -0.2) is 21.0 Å². The molecule has 6 heteroatoms. The smallest absolute Gasteiger partial charge is 0.335 e. The molecule has 0 radical (unpaired) electrons. The molecule has 4 rings (SSSR count). The molecule has 3 aromatic rings. The van der Waals surface area contributed by atoms with Crippen LogP contribution in [0.15, 0.2) is 30.6 Å². The number of aryl methyl sites for hydroxylation is 1. The van der Waals surface area contributed by atoms with Crippen molar-refractivity contribution in [1.82, 2.24) is 9.97 Å². The first-order valence-corrected chi connectivity index (χ1v) is 9.25. The van der Waals surface area contributed by atoms with Gasteiger partial charge in [-0.25, -0.2) is 14.8 Å². The summed E-state index contributed by atoms with van der Waals surface area (Å²) in [5, 5.41) is 13.5. The Morgan fingerprint density at radius 3 is 2.88 bits per heavy atom. The Hall–Kier alpha value is -2.47. The van der Waals surface area contributed by atoms with Gasteiger partial charge in [-0.05, 0) is 48.4 Å². The number of hydrogen-bond donors (Lipinski definition) is 2. The van der Waals surface area contributed by atoms with Crippen LogP contribution in [0.2, 0.25) is 0 Å². The summed E-state index contributed by atoms with van der Waals surface area (Å²) in [6.07, 6.45) is 5.05. The minimum atomic E-state index is -0.906. The third-order valence-corrected chi connectivity index (χ3v) is 5.91. The fraction of sp³-hybridized carbons (Fsp3) is 0.316. The van der Waals surface area contributed by atoms with E-state index in [2.05, 4.69) is 22.2 Å². The van der Waals surface area contributed by atoms with E-state index in [4.69, 9.17) is 5.11 Å². The molecule has 128 valence electrons. The van der Waals surface area contributed by atoms with Crippen molar-refractivity contribution in [1.29, 1.82) is 0 Å². The van der Waals surface area contributed by atoms with Gasteiger partial charge in [0.1, 0.15) is 17.0 Å². The van der Waals surface area contributed by atoms with Crippen molar-refractivity contribution in [3.63, 3.8) is 0 Å². The highest BCUT2D eigenvalue weighted by Gasteiger charge is 2.22. The number of nitrogens with zero attached hydrogens (tertiary/aromatic N) is 2. The van der Waals surface area contributed by atoms with Gasteiger partial charge in [-0.2, -0.15) is 0 Å². The number of aromatic carboxylic acids is 1. The van der Waals surface area contributed by atoms with Crippen molar-refractivity contribution in [2.45, 2.75) is 32.7 Å². The van der Waals surface area contributed by atoms with E-state index in [9.17, 15) is 4.79 Å². The van der Waals surface area contributed by atoms with Gasteiger partial charge >= 0.3 is 5.97 Å². The first-order chi connectivity index (χ1) is 12.1. The number of rotatable bonds is 4. The van der Waals surface area contributed by atoms with Crippen LogP contribution in [0.3, 0.4) is 0 Å². The van der Waals surface area contributed by atoms with Gasteiger partial charge in [-0.3, -0.25) is 0 Å². The Morgan fingerprint density at radius 1 is 1.32 bits per heavy atom. The second-order valence-corrected chi connectivity index (χ2v) is 7.69. The maximum absolute atomic E-state index is 10.9. The van der Waals surface area contributed by atoms with Crippen LogP contribution in [-0.2, 0) is 19.4 Å². The Bertz CT molecular complexity index is 934. The van der Waals surface area contributed by atoms with E-state index in [0.717, 1.165) is 40.4 Å². The van der Waals surface area contributed by atoms with Crippen molar-refractivity contribution < 1.29 is 9.90 Å². The van der Waals surface area contributed by atoms with E-state index in [-0.39, 0.29) is 0 Å². The molecule has 1 unspecified atom stereocenters. The van der Waals surface area contributed by atoms with Gasteiger partial charge in [0.2, 0.25) is 0 Å². The lowest BCUT2D eigenvalue weighted by atomic mass is 9.89. The van der Waals surface area contributed by atoms with Crippen molar-refractivity contribution in [3.05, 3.63) is 52.2 Å². The quantitative estimate of drug-likeness (QED) is 0.738. The zero-order chi connectivity index (χ0) is 17.4.